The summed E-state index contributed by atoms with van der Waals surface area (Å²) in [4.78, 5) is 0. The molecule has 21 heavy (non-hydrogen) atoms. The number of halogens is 3. The number of nitrogens with zero attached hydrogens (tertiary/aromatic N) is 1. The molecule has 0 spiro atoms. The summed E-state index contributed by atoms with van der Waals surface area (Å²) >= 11 is 0. The first-order chi connectivity index (χ1) is 9.67. The largest absolute Gasteiger partial charge is 0.390 e. The second-order valence-electron chi connectivity index (χ2n) is 4.57. The van der Waals surface area contributed by atoms with Crippen LogP contribution in [0.25, 0.3) is 0 Å². The molecule has 0 fully saturated rings. The topological polar surface area (TPSA) is 86.9 Å². The molecule has 0 bridgehead atoms. The van der Waals surface area contributed by atoms with E-state index in [4.69, 9.17) is 0 Å². The van der Waals surface area contributed by atoms with Crippen LogP contribution in [0.15, 0.2) is 5.03 Å². The fourth-order valence-electron chi connectivity index (χ4n) is 1.65. The van der Waals surface area contributed by atoms with Crippen molar-refractivity contribution in [1.29, 1.82) is 0 Å². The second kappa shape index (κ2) is 7.23. The first-order valence-electron chi connectivity index (χ1n) is 6.48. The average molecular weight is 328 g/mol. The van der Waals surface area contributed by atoms with E-state index < -0.39 is 29.2 Å². The summed E-state index contributed by atoms with van der Waals surface area (Å²) in [6.45, 7) is 3.90. The van der Waals surface area contributed by atoms with Gasteiger partial charge >= 0.3 is 6.18 Å². The number of hydrogen-bond donors (Lipinski definition) is 3. The number of sulfonamides is 1. The number of aromatic nitrogens is 2. The summed E-state index contributed by atoms with van der Waals surface area (Å²) in [6, 6.07) is 0. The van der Waals surface area contributed by atoms with Gasteiger partial charge in [-0.1, -0.05) is 6.92 Å². The molecule has 0 aliphatic heterocycles. The van der Waals surface area contributed by atoms with Gasteiger partial charge in [0.05, 0.1) is 6.42 Å². The summed E-state index contributed by atoms with van der Waals surface area (Å²) in [6.07, 6.45) is -4.75. The zero-order valence-corrected chi connectivity index (χ0v) is 12.7. The predicted octanol–water partition coefficient (Wildman–Crippen LogP) is 1.45. The molecule has 0 unspecified atom stereocenters. The molecule has 0 saturated heterocycles. The van der Waals surface area contributed by atoms with Gasteiger partial charge in [0.25, 0.3) is 10.0 Å². The van der Waals surface area contributed by atoms with E-state index in [0.29, 0.717) is 17.8 Å². The highest BCUT2D eigenvalue weighted by Gasteiger charge is 2.29. The van der Waals surface area contributed by atoms with Crippen LogP contribution in [0.4, 0.5) is 13.2 Å². The number of aromatic amines is 1. The van der Waals surface area contributed by atoms with E-state index in [0.717, 1.165) is 6.42 Å². The minimum atomic E-state index is -4.41. The van der Waals surface area contributed by atoms with Crippen molar-refractivity contribution in [3.8, 4) is 0 Å². The molecule has 6 nitrogen and oxygen atoms in total. The Morgan fingerprint density at radius 2 is 1.95 bits per heavy atom. The molecule has 1 heterocycles. The van der Waals surface area contributed by atoms with E-state index >= 15 is 0 Å². The number of aryl methyl sites for hydroxylation is 1. The third kappa shape index (κ3) is 5.64. The fourth-order valence-corrected chi connectivity index (χ4v) is 2.87. The molecule has 1 aromatic rings. The highest BCUT2D eigenvalue weighted by Crippen LogP contribution is 2.20. The minimum Gasteiger partial charge on any atom is -0.313 e. The zero-order chi connectivity index (χ0) is 16.1. The van der Waals surface area contributed by atoms with Crippen LogP contribution in [0.1, 0.15) is 31.0 Å². The minimum absolute atomic E-state index is 0.259. The number of rotatable bonds is 8. The molecule has 10 heteroatoms. The van der Waals surface area contributed by atoms with Gasteiger partial charge in [-0.15, -0.1) is 0 Å². The van der Waals surface area contributed by atoms with Gasteiger partial charge in [0.1, 0.15) is 0 Å². The lowest BCUT2D eigenvalue weighted by atomic mass is 10.2. The Labute approximate surface area is 121 Å². The SMILES string of the molecule is CCCNCc1c(S(=O)(=O)NCCC(F)(F)F)n[nH]c1C. The monoisotopic (exact) mass is 328 g/mol. The summed E-state index contributed by atoms with van der Waals surface area (Å²) in [5.74, 6) is 0. The van der Waals surface area contributed by atoms with Crippen LogP contribution in [-0.4, -0.2) is 37.9 Å². The standard InChI is InChI=1S/C11H19F3N4O2S/c1-3-5-15-7-9-8(2)17-18-10(9)21(19,20)16-6-4-11(12,13)14/h15-16H,3-7H2,1-2H3,(H,17,18). The Morgan fingerprint density at radius 1 is 1.29 bits per heavy atom. The molecule has 122 valence electrons. The van der Waals surface area contributed by atoms with Crippen LogP contribution in [0.2, 0.25) is 0 Å². The van der Waals surface area contributed by atoms with Crippen LogP contribution in [0.3, 0.4) is 0 Å². The summed E-state index contributed by atoms with van der Waals surface area (Å²) in [5, 5.41) is 9.01. The Balaban J connectivity index is 2.78. The van der Waals surface area contributed by atoms with Crippen molar-refractivity contribution in [1.82, 2.24) is 20.2 Å². The molecule has 0 saturated carbocycles. The molecular weight excluding hydrogens is 309 g/mol. The van der Waals surface area contributed by atoms with Crippen molar-refractivity contribution in [2.24, 2.45) is 0 Å². The van der Waals surface area contributed by atoms with Crippen LogP contribution in [-0.2, 0) is 16.6 Å². The van der Waals surface area contributed by atoms with Crippen molar-refractivity contribution >= 4 is 10.0 Å². The maximum atomic E-state index is 12.1. The van der Waals surface area contributed by atoms with Crippen LogP contribution < -0.4 is 10.0 Å². The normalized spacial score (nSPS) is 12.8. The number of alkyl halides is 3. The van der Waals surface area contributed by atoms with Gasteiger partial charge in [0, 0.05) is 24.3 Å². The molecule has 0 aromatic carbocycles. The van der Waals surface area contributed by atoms with Crippen molar-refractivity contribution in [2.45, 2.75) is 44.4 Å². The Hall–Kier alpha value is -1.13. The third-order valence-corrected chi connectivity index (χ3v) is 4.15. The van der Waals surface area contributed by atoms with E-state index in [1.165, 1.54) is 0 Å². The molecule has 0 aliphatic rings. The summed E-state index contributed by atoms with van der Waals surface area (Å²) < 4.78 is 62.1. The number of nitrogens with one attached hydrogen (secondary N) is 3. The highest BCUT2D eigenvalue weighted by atomic mass is 32.2. The first kappa shape index (κ1) is 17.9. The smallest absolute Gasteiger partial charge is 0.313 e. The van der Waals surface area contributed by atoms with Gasteiger partial charge < -0.3 is 5.32 Å². The number of H-pyrrole nitrogens is 1. The van der Waals surface area contributed by atoms with Crippen molar-refractivity contribution in [3.05, 3.63) is 11.3 Å². The molecule has 0 atom stereocenters. The van der Waals surface area contributed by atoms with Crippen LogP contribution >= 0.6 is 0 Å². The van der Waals surface area contributed by atoms with E-state index in [1.54, 1.807) is 6.92 Å². The lowest BCUT2D eigenvalue weighted by molar-refractivity contribution is -0.132. The molecule has 1 rings (SSSR count). The molecule has 1 aromatic heterocycles. The lowest BCUT2D eigenvalue weighted by Gasteiger charge is -2.09. The predicted molar refractivity (Wildman–Crippen MR) is 71.2 cm³/mol. The van der Waals surface area contributed by atoms with Gasteiger partial charge in [-0.2, -0.15) is 18.3 Å². The average Bonchev–Trinajstić information content (AvgIpc) is 2.70. The van der Waals surface area contributed by atoms with E-state index in [2.05, 4.69) is 15.5 Å². The zero-order valence-electron chi connectivity index (χ0n) is 11.8. The molecule has 0 aliphatic carbocycles. The van der Waals surface area contributed by atoms with Crippen LogP contribution in [0.5, 0.6) is 0 Å². The van der Waals surface area contributed by atoms with Gasteiger partial charge in [0.2, 0.25) is 0 Å². The molecule has 3 N–H and O–H groups in total. The highest BCUT2D eigenvalue weighted by molar-refractivity contribution is 7.89. The second-order valence-corrected chi connectivity index (χ2v) is 6.25. The Morgan fingerprint density at radius 3 is 2.52 bits per heavy atom. The molecule has 0 radical (unpaired) electrons. The van der Waals surface area contributed by atoms with Gasteiger partial charge in [-0.05, 0) is 19.9 Å². The van der Waals surface area contributed by atoms with E-state index in [9.17, 15) is 21.6 Å². The Bertz CT molecular complexity index is 554. The van der Waals surface area contributed by atoms with E-state index in [-0.39, 0.29) is 11.6 Å². The Kier molecular flexibility index (Phi) is 6.17. The van der Waals surface area contributed by atoms with Crippen molar-refractivity contribution in [2.75, 3.05) is 13.1 Å². The van der Waals surface area contributed by atoms with Crippen LogP contribution in [0, 0.1) is 6.92 Å². The van der Waals surface area contributed by atoms with Crippen molar-refractivity contribution in [3.63, 3.8) is 0 Å². The summed E-state index contributed by atoms with van der Waals surface area (Å²) in [5.41, 5.74) is 0.998. The van der Waals surface area contributed by atoms with E-state index in [1.807, 2.05) is 11.6 Å². The number of hydrogen-bond acceptors (Lipinski definition) is 4. The van der Waals surface area contributed by atoms with Gasteiger partial charge in [-0.25, -0.2) is 13.1 Å². The third-order valence-electron chi connectivity index (χ3n) is 2.72. The maximum absolute atomic E-state index is 12.1. The van der Waals surface area contributed by atoms with Gasteiger partial charge in [-0.3, -0.25) is 5.10 Å². The molecule has 0 amide bonds. The fraction of sp³-hybridized carbons (Fsp3) is 0.727. The van der Waals surface area contributed by atoms with Gasteiger partial charge in [0.15, 0.2) is 5.03 Å². The maximum Gasteiger partial charge on any atom is 0.390 e. The summed E-state index contributed by atoms with van der Waals surface area (Å²) in [7, 11) is -4.06. The first-order valence-corrected chi connectivity index (χ1v) is 7.96. The lowest BCUT2D eigenvalue weighted by Crippen LogP contribution is -2.29. The quantitative estimate of drug-likeness (QED) is 0.630. The van der Waals surface area contributed by atoms with Crippen molar-refractivity contribution < 1.29 is 21.6 Å². The molecular formula is C11H19F3N4O2S.